The lowest BCUT2D eigenvalue weighted by Crippen LogP contribution is -2.25. The molecule has 1 amide bonds. The van der Waals surface area contributed by atoms with Crippen molar-refractivity contribution < 1.29 is 4.79 Å². The van der Waals surface area contributed by atoms with Crippen LogP contribution in [0, 0.1) is 6.92 Å². The van der Waals surface area contributed by atoms with Gasteiger partial charge in [0.05, 0.1) is 22.9 Å². The SMILES string of the molecule is Cc1[nH]n(-c2ccccc2)c(=O)c1-c1[nH]c2ccccc2c1C1C(=O)N(C)c2ccccc21. The molecular weight excluding hydrogens is 412 g/mol. The lowest BCUT2D eigenvalue weighted by atomic mass is 9.88. The molecular formula is C27H22N4O2. The van der Waals surface area contributed by atoms with E-state index in [9.17, 15) is 9.59 Å². The fraction of sp³-hybridized carbons (Fsp3) is 0.111. The molecule has 1 unspecified atom stereocenters. The Morgan fingerprint density at radius 1 is 0.848 bits per heavy atom. The van der Waals surface area contributed by atoms with Crippen LogP contribution in [0.3, 0.4) is 0 Å². The molecule has 3 heterocycles. The number of H-pyrrole nitrogens is 2. The van der Waals surface area contributed by atoms with Crippen molar-refractivity contribution in [2.45, 2.75) is 12.8 Å². The molecule has 6 nitrogen and oxygen atoms in total. The van der Waals surface area contributed by atoms with E-state index >= 15 is 0 Å². The van der Waals surface area contributed by atoms with Crippen LogP contribution in [0.1, 0.15) is 22.7 Å². The molecule has 162 valence electrons. The van der Waals surface area contributed by atoms with Gasteiger partial charge in [0.15, 0.2) is 0 Å². The van der Waals surface area contributed by atoms with Gasteiger partial charge in [-0.25, -0.2) is 4.68 Å². The van der Waals surface area contributed by atoms with Gasteiger partial charge in [0, 0.05) is 34.9 Å². The minimum atomic E-state index is -0.490. The topological polar surface area (TPSA) is 73.9 Å². The molecule has 5 aromatic rings. The van der Waals surface area contributed by atoms with Gasteiger partial charge in [0.2, 0.25) is 5.91 Å². The second kappa shape index (κ2) is 7.10. The highest BCUT2D eigenvalue weighted by molar-refractivity contribution is 6.10. The van der Waals surface area contributed by atoms with Gasteiger partial charge in [-0.3, -0.25) is 14.7 Å². The third-order valence-corrected chi connectivity index (χ3v) is 6.56. The number of hydrogen-bond acceptors (Lipinski definition) is 2. The molecule has 33 heavy (non-hydrogen) atoms. The van der Waals surface area contributed by atoms with Crippen molar-refractivity contribution in [3.8, 4) is 16.9 Å². The predicted molar refractivity (Wildman–Crippen MR) is 130 cm³/mol. The van der Waals surface area contributed by atoms with Crippen LogP contribution in [0.15, 0.2) is 83.7 Å². The van der Waals surface area contributed by atoms with Crippen molar-refractivity contribution in [3.05, 3.63) is 106 Å². The first-order valence-electron chi connectivity index (χ1n) is 10.9. The highest BCUT2D eigenvalue weighted by Gasteiger charge is 2.39. The van der Waals surface area contributed by atoms with Gasteiger partial charge in [-0.05, 0) is 36.8 Å². The Hall–Kier alpha value is -4.32. The summed E-state index contributed by atoms with van der Waals surface area (Å²) in [6.45, 7) is 1.89. The standard InChI is InChI=1S/C27H22N4O2/c1-16-22(27(33)31(29-16)17-10-4-3-5-11-17)25-23(18-12-6-8-14-20(18)28-25)24-19-13-7-9-15-21(19)30(2)26(24)32/h3-15,24,28-29H,1-2H3. The Labute approximate surface area is 190 Å². The number of aromatic nitrogens is 3. The molecule has 3 aromatic carbocycles. The molecule has 0 saturated carbocycles. The first-order chi connectivity index (χ1) is 16.1. The molecule has 0 saturated heterocycles. The number of carbonyl (C=O) groups excluding carboxylic acids is 1. The molecule has 6 rings (SSSR count). The number of carbonyl (C=O) groups is 1. The second-order valence-corrected chi connectivity index (χ2v) is 8.44. The summed E-state index contributed by atoms with van der Waals surface area (Å²) in [6.07, 6.45) is 0. The quantitative estimate of drug-likeness (QED) is 0.431. The van der Waals surface area contributed by atoms with Crippen LogP contribution in [0.5, 0.6) is 0 Å². The number of nitrogens with zero attached hydrogens (tertiary/aromatic N) is 2. The maximum atomic E-state index is 13.6. The molecule has 0 spiro atoms. The fourth-order valence-electron chi connectivity index (χ4n) is 5.02. The van der Waals surface area contributed by atoms with Crippen LogP contribution in [0.2, 0.25) is 0 Å². The van der Waals surface area contributed by atoms with E-state index in [1.54, 1.807) is 16.6 Å². The largest absolute Gasteiger partial charge is 0.354 e. The zero-order chi connectivity index (χ0) is 22.7. The van der Waals surface area contributed by atoms with Crippen LogP contribution < -0.4 is 10.5 Å². The van der Waals surface area contributed by atoms with E-state index in [0.29, 0.717) is 11.3 Å². The average Bonchev–Trinajstić information content (AvgIpc) is 3.44. The third-order valence-electron chi connectivity index (χ3n) is 6.56. The third kappa shape index (κ3) is 2.74. The van der Waals surface area contributed by atoms with Crippen LogP contribution in [0.25, 0.3) is 27.8 Å². The van der Waals surface area contributed by atoms with E-state index in [0.717, 1.165) is 39.1 Å². The number of rotatable bonds is 3. The van der Waals surface area contributed by atoms with Crippen LogP contribution in [-0.4, -0.2) is 27.7 Å². The number of anilines is 1. The van der Waals surface area contributed by atoms with Crippen molar-refractivity contribution in [1.82, 2.24) is 14.8 Å². The summed E-state index contributed by atoms with van der Waals surface area (Å²) >= 11 is 0. The molecule has 0 aliphatic carbocycles. The van der Waals surface area contributed by atoms with Gasteiger partial charge in [-0.1, -0.05) is 54.6 Å². The Balaban J connectivity index is 1.65. The number of benzene rings is 3. The summed E-state index contributed by atoms with van der Waals surface area (Å²) in [4.78, 5) is 32.3. The fourth-order valence-corrected chi connectivity index (χ4v) is 5.02. The van der Waals surface area contributed by atoms with Crippen molar-refractivity contribution in [1.29, 1.82) is 0 Å². The van der Waals surface area contributed by atoms with Crippen molar-refractivity contribution in [2.24, 2.45) is 0 Å². The van der Waals surface area contributed by atoms with Gasteiger partial charge >= 0.3 is 0 Å². The van der Waals surface area contributed by atoms with E-state index in [1.165, 1.54) is 0 Å². The summed E-state index contributed by atoms with van der Waals surface area (Å²) in [7, 11) is 1.81. The number of nitrogens with one attached hydrogen (secondary N) is 2. The Bertz CT molecular complexity index is 1590. The number of likely N-dealkylation sites (N-methyl/N-ethyl adjacent to an activating group) is 1. The number of aromatic amines is 2. The summed E-state index contributed by atoms with van der Waals surface area (Å²) in [5.74, 6) is -0.491. The lowest BCUT2D eigenvalue weighted by molar-refractivity contribution is -0.118. The zero-order valence-corrected chi connectivity index (χ0v) is 18.3. The van der Waals surface area contributed by atoms with E-state index < -0.39 is 5.92 Å². The lowest BCUT2D eigenvalue weighted by Gasteiger charge is -2.13. The predicted octanol–water partition coefficient (Wildman–Crippen LogP) is 4.73. The zero-order valence-electron chi connectivity index (χ0n) is 18.3. The number of fused-ring (bicyclic) bond motifs is 2. The molecule has 1 aliphatic heterocycles. The summed E-state index contributed by atoms with van der Waals surface area (Å²) in [5, 5.41) is 4.16. The maximum absolute atomic E-state index is 13.6. The monoisotopic (exact) mass is 434 g/mol. The minimum absolute atomic E-state index is 0.00113. The van der Waals surface area contributed by atoms with Gasteiger partial charge in [0.1, 0.15) is 0 Å². The highest BCUT2D eigenvalue weighted by atomic mass is 16.2. The van der Waals surface area contributed by atoms with E-state index in [2.05, 4.69) is 10.1 Å². The van der Waals surface area contributed by atoms with Gasteiger partial charge in [0.25, 0.3) is 5.56 Å². The van der Waals surface area contributed by atoms with Crippen LogP contribution in [-0.2, 0) is 4.79 Å². The highest BCUT2D eigenvalue weighted by Crippen LogP contribution is 2.46. The minimum Gasteiger partial charge on any atom is -0.354 e. The van der Waals surface area contributed by atoms with Crippen molar-refractivity contribution in [2.75, 3.05) is 11.9 Å². The Morgan fingerprint density at radius 2 is 1.55 bits per heavy atom. The summed E-state index contributed by atoms with van der Waals surface area (Å²) in [6, 6.07) is 25.3. The van der Waals surface area contributed by atoms with Crippen molar-refractivity contribution in [3.63, 3.8) is 0 Å². The molecule has 2 N–H and O–H groups in total. The molecule has 0 radical (unpaired) electrons. The van der Waals surface area contributed by atoms with Crippen LogP contribution >= 0.6 is 0 Å². The van der Waals surface area contributed by atoms with Gasteiger partial charge in [-0.2, -0.15) is 0 Å². The number of hydrogen-bond donors (Lipinski definition) is 2. The van der Waals surface area contributed by atoms with Crippen LogP contribution in [0.4, 0.5) is 5.69 Å². The average molecular weight is 434 g/mol. The molecule has 6 heteroatoms. The van der Waals surface area contributed by atoms with Gasteiger partial charge in [-0.15, -0.1) is 0 Å². The number of amides is 1. The first-order valence-corrected chi connectivity index (χ1v) is 10.9. The number of para-hydroxylation sites is 3. The molecule has 2 aromatic heterocycles. The summed E-state index contributed by atoms with van der Waals surface area (Å²) in [5.41, 5.74) is 6.17. The molecule has 1 atom stereocenters. The van der Waals surface area contributed by atoms with E-state index in [4.69, 9.17) is 0 Å². The molecule has 1 aliphatic rings. The smallest absolute Gasteiger partial charge is 0.280 e. The Kier molecular flexibility index (Phi) is 4.17. The van der Waals surface area contributed by atoms with Crippen molar-refractivity contribution >= 4 is 22.5 Å². The van der Waals surface area contributed by atoms with E-state index in [-0.39, 0.29) is 11.5 Å². The Morgan fingerprint density at radius 3 is 2.36 bits per heavy atom. The number of aryl methyl sites for hydroxylation is 1. The first kappa shape index (κ1) is 19.4. The normalized spacial score (nSPS) is 15.4. The maximum Gasteiger partial charge on any atom is 0.280 e. The van der Waals surface area contributed by atoms with Gasteiger partial charge < -0.3 is 9.88 Å². The van der Waals surface area contributed by atoms with E-state index in [1.807, 2.05) is 85.8 Å². The summed E-state index contributed by atoms with van der Waals surface area (Å²) < 4.78 is 1.55. The molecule has 0 fully saturated rings. The second-order valence-electron chi connectivity index (χ2n) is 8.44. The molecule has 0 bridgehead atoms.